The largest absolute Gasteiger partial charge is 0.491 e. The SMILES string of the molecule is CCCC(O)c1cccc(OCCOC)c1. The summed E-state index contributed by atoms with van der Waals surface area (Å²) in [7, 11) is 1.64. The Kier molecular flexibility index (Phi) is 5.90. The molecule has 0 spiro atoms. The number of rotatable bonds is 7. The normalized spacial score (nSPS) is 12.4. The molecule has 0 aliphatic carbocycles. The van der Waals surface area contributed by atoms with E-state index in [1.807, 2.05) is 24.3 Å². The van der Waals surface area contributed by atoms with Crippen molar-refractivity contribution < 1.29 is 14.6 Å². The fourth-order valence-electron chi connectivity index (χ4n) is 1.49. The number of methoxy groups -OCH3 is 1. The summed E-state index contributed by atoms with van der Waals surface area (Å²) in [5.74, 6) is 0.782. The first-order chi connectivity index (χ1) is 7.77. The van der Waals surface area contributed by atoms with E-state index in [1.54, 1.807) is 7.11 Å². The molecule has 0 aromatic heterocycles. The minimum absolute atomic E-state index is 0.393. The Morgan fingerprint density at radius 2 is 2.12 bits per heavy atom. The quantitative estimate of drug-likeness (QED) is 0.723. The first kappa shape index (κ1) is 13.0. The first-order valence-corrected chi connectivity index (χ1v) is 5.67. The van der Waals surface area contributed by atoms with Crippen molar-refractivity contribution in [2.75, 3.05) is 20.3 Å². The van der Waals surface area contributed by atoms with Gasteiger partial charge in [-0.25, -0.2) is 0 Å². The molecule has 3 nitrogen and oxygen atoms in total. The average Bonchev–Trinajstić information content (AvgIpc) is 2.30. The minimum atomic E-state index is -0.393. The zero-order chi connectivity index (χ0) is 11.8. The Labute approximate surface area is 97.0 Å². The van der Waals surface area contributed by atoms with Gasteiger partial charge in [0, 0.05) is 7.11 Å². The van der Waals surface area contributed by atoms with Crippen LogP contribution in [0.5, 0.6) is 5.75 Å². The number of ether oxygens (including phenoxy) is 2. The molecule has 0 bridgehead atoms. The van der Waals surface area contributed by atoms with E-state index in [9.17, 15) is 5.11 Å². The fraction of sp³-hybridized carbons (Fsp3) is 0.538. The van der Waals surface area contributed by atoms with Gasteiger partial charge in [0.25, 0.3) is 0 Å². The van der Waals surface area contributed by atoms with Crippen LogP contribution in [0.25, 0.3) is 0 Å². The molecule has 1 rings (SSSR count). The molecule has 0 radical (unpaired) electrons. The van der Waals surface area contributed by atoms with Crippen molar-refractivity contribution in [3.05, 3.63) is 29.8 Å². The van der Waals surface area contributed by atoms with Crippen LogP contribution in [0.1, 0.15) is 31.4 Å². The van der Waals surface area contributed by atoms with E-state index in [0.717, 1.165) is 24.2 Å². The molecule has 1 atom stereocenters. The molecule has 1 N–H and O–H groups in total. The van der Waals surface area contributed by atoms with Crippen molar-refractivity contribution in [1.29, 1.82) is 0 Å². The van der Waals surface area contributed by atoms with Gasteiger partial charge in [0.1, 0.15) is 12.4 Å². The smallest absolute Gasteiger partial charge is 0.119 e. The van der Waals surface area contributed by atoms with E-state index < -0.39 is 6.10 Å². The molecule has 0 aliphatic rings. The van der Waals surface area contributed by atoms with Gasteiger partial charge in [0.05, 0.1) is 12.7 Å². The maximum absolute atomic E-state index is 9.84. The van der Waals surface area contributed by atoms with Crippen LogP contribution in [0.4, 0.5) is 0 Å². The number of hydrogen-bond donors (Lipinski definition) is 1. The lowest BCUT2D eigenvalue weighted by Gasteiger charge is -2.11. The van der Waals surface area contributed by atoms with Gasteiger partial charge in [-0.1, -0.05) is 25.5 Å². The molecule has 0 heterocycles. The van der Waals surface area contributed by atoms with E-state index in [-0.39, 0.29) is 0 Å². The van der Waals surface area contributed by atoms with Crippen molar-refractivity contribution in [1.82, 2.24) is 0 Å². The molecule has 3 heteroatoms. The molecular formula is C13H20O3. The van der Waals surface area contributed by atoms with Crippen LogP contribution in [-0.4, -0.2) is 25.4 Å². The molecule has 1 unspecified atom stereocenters. The molecule has 0 aliphatic heterocycles. The number of benzene rings is 1. The summed E-state index contributed by atoms with van der Waals surface area (Å²) in [6, 6.07) is 7.59. The lowest BCUT2D eigenvalue weighted by molar-refractivity contribution is 0.145. The van der Waals surface area contributed by atoms with E-state index in [4.69, 9.17) is 9.47 Å². The maximum Gasteiger partial charge on any atom is 0.119 e. The zero-order valence-corrected chi connectivity index (χ0v) is 9.98. The van der Waals surface area contributed by atoms with E-state index >= 15 is 0 Å². The Hall–Kier alpha value is -1.06. The van der Waals surface area contributed by atoms with Crippen LogP contribution in [-0.2, 0) is 4.74 Å². The van der Waals surface area contributed by atoms with Gasteiger partial charge in [-0.15, -0.1) is 0 Å². The number of hydrogen-bond acceptors (Lipinski definition) is 3. The second-order valence-corrected chi connectivity index (χ2v) is 3.72. The molecule has 1 aromatic rings. The summed E-state index contributed by atoms with van der Waals surface area (Å²) in [5.41, 5.74) is 0.914. The third kappa shape index (κ3) is 4.21. The highest BCUT2D eigenvalue weighted by Gasteiger charge is 2.06. The third-order valence-corrected chi connectivity index (χ3v) is 2.36. The Morgan fingerprint density at radius 3 is 2.81 bits per heavy atom. The maximum atomic E-state index is 9.84. The van der Waals surface area contributed by atoms with Gasteiger partial charge >= 0.3 is 0 Å². The predicted molar refractivity (Wildman–Crippen MR) is 63.7 cm³/mol. The van der Waals surface area contributed by atoms with Crippen LogP contribution >= 0.6 is 0 Å². The van der Waals surface area contributed by atoms with E-state index in [0.29, 0.717) is 13.2 Å². The second-order valence-electron chi connectivity index (χ2n) is 3.72. The summed E-state index contributed by atoms with van der Waals surface area (Å²) >= 11 is 0. The summed E-state index contributed by atoms with van der Waals surface area (Å²) in [6.07, 6.45) is 1.35. The van der Waals surface area contributed by atoms with E-state index in [2.05, 4.69) is 6.92 Å². The Balaban J connectivity index is 2.56. The second kappa shape index (κ2) is 7.25. The van der Waals surface area contributed by atoms with E-state index in [1.165, 1.54) is 0 Å². The molecule has 0 amide bonds. The third-order valence-electron chi connectivity index (χ3n) is 2.36. The molecule has 16 heavy (non-hydrogen) atoms. The summed E-state index contributed by atoms with van der Waals surface area (Å²) < 4.78 is 10.4. The standard InChI is InChI=1S/C13H20O3/c1-3-5-13(14)11-6-4-7-12(10-11)16-9-8-15-2/h4,6-7,10,13-14H,3,5,8-9H2,1-2H3. The van der Waals surface area contributed by atoms with Gasteiger partial charge in [0.15, 0.2) is 0 Å². The molecule has 0 fully saturated rings. The Morgan fingerprint density at radius 1 is 1.31 bits per heavy atom. The topological polar surface area (TPSA) is 38.7 Å². The molecular weight excluding hydrogens is 204 g/mol. The van der Waals surface area contributed by atoms with Crippen LogP contribution in [0.3, 0.4) is 0 Å². The highest BCUT2D eigenvalue weighted by atomic mass is 16.5. The summed E-state index contributed by atoms with van der Waals surface area (Å²) in [6.45, 7) is 3.16. The highest BCUT2D eigenvalue weighted by Crippen LogP contribution is 2.22. The minimum Gasteiger partial charge on any atom is -0.491 e. The van der Waals surface area contributed by atoms with Crippen LogP contribution in [0.2, 0.25) is 0 Å². The van der Waals surface area contributed by atoms with Crippen molar-refractivity contribution in [2.45, 2.75) is 25.9 Å². The van der Waals surface area contributed by atoms with Crippen LogP contribution < -0.4 is 4.74 Å². The monoisotopic (exact) mass is 224 g/mol. The van der Waals surface area contributed by atoms with Crippen molar-refractivity contribution in [2.24, 2.45) is 0 Å². The van der Waals surface area contributed by atoms with Gasteiger partial charge in [-0.05, 0) is 24.1 Å². The average molecular weight is 224 g/mol. The molecule has 0 saturated heterocycles. The molecule has 1 aromatic carbocycles. The summed E-state index contributed by atoms with van der Waals surface area (Å²) in [5, 5.41) is 9.84. The number of aliphatic hydroxyl groups excluding tert-OH is 1. The zero-order valence-electron chi connectivity index (χ0n) is 9.98. The van der Waals surface area contributed by atoms with Crippen molar-refractivity contribution in [3.63, 3.8) is 0 Å². The van der Waals surface area contributed by atoms with Crippen molar-refractivity contribution in [3.8, 4) is 5.75 Å². The number of aliphatic hydroxyl groups is 1. The highest BCUT2D eigenvalue weighted by molar-refractivity contribution is 5.29. The van der Waals surface area contributed by atoms with Crippen LogP contribution in [0.15, 0.2) is 24.3 Å². The van der Waals surface area contributed by atoms with Gasteiger partial charge < -0.3 is 14.6 Å². The summed E-state index contributed by atoms with van der Waals surface area (Å²) in [4.78, 5) is 0. The van der Waals surface area contributed by atoms with Gasteiger partial charge in [-0.3, -0.25) is 0 Å². The van der Waals surface area contributed by atoms with Gasteiger partial charge in [-0.2, -0.15) is 0 Å². The predicted octanol–water partition coefficient (Wildman–Crippen LogP) is 2.55. The lowest BCUT2D eigenvalue weighted by Crippen LogP contribution is -2.05. The fourth-order valence-corrected chi connectivity index (χ4v) is 1.49. The Bertz CT molecular complexity index is 299. The molecule has 0 saturated carbocycles. The molecule has 90 valence electrons. The first-order valence-electron chi connectivity index (χ1n) is 5.67. The van der Waals surface area contributed by atoms with Crippen molar-refractivity contribution >= 4 is 0 Å². The van der Waals surface area contributed by atoms with Gasteiger partial charge in [0.2, 0.25) is 0 Å². The van der Waals surface area contributed by atoms with Crippen LogP contribution in [0, 0.1) is 0 Å². The lowest BCUT2D eigenvalue weighted by atomic mass is 10.1.